The molecule has 0 fully saturated rings. The zero-order valence-electron chi connectivity index (χ0n) is 41.8. The van der Waals surface area contributed by atoms with Crippen LogP contribution in [-0.2, 0) is 12.8 Å². The summed E-state index contributed by atoms with van der Waals surface area (Å²) in [6.45, 7) is 0. The molecule has 0 N–H and O–H groups in total. The third-order valence-corrected chi connectivity index (χ3v) is 15.7. The number of rotatable bonds is 8. The van der Waals surface area contributed by atoms with Crippen molar-refractivity contribution >= 4 is 111 Å². The second-order valence-electron chi connectivity index (χ2n) is 20.1. The first-order chi connectivity index (χ1) is 37.7. The number of hydrogen-bond donors (Lipinski definition) is 0. The molecule has 0 saturated carbocycles. The van der Waals surface area contributed by atoms with Crippen LogP contribution in [0.5, 0.6) is 0 Å². The summed E-state index contributed by atoms with van der Waals surface area (Å²) in [4.78, 5) is 10.00. The molecule has 13 aromatic carbocycles. The van der Waals surface area contributed by atoms with Crippen LogP contribution in [0.2, 0.25) is 0 Å². The first-order valence-corrected chi connectivity index (χ1v) is 26.3. The van der Waals surface area contributed by atoms with Crippen molar-refractivity contribution in [3.05, 3.63) is 301 Å². The quantitative estimate of drug-likeness (QED) is 0.141. The van der Waals surface area contributed by atoms with E-state index in [-0.39, 0.29) is 0 Å². The molecule has 0 unspecified atom stereocenters. The van der Waals surface area contributed by atoms with Crippen LogP contribution in [0, 0.1) is 0 Å². The second kappa shape index (κ2) is 17.9. The van der Waals surface area contributed by atoms with Crippen LogP contribution in [0.25, 0.3) is 43.1 Å². The van der Waals surface area contributed by atoms with Crippen LogP contribution in [-0.4, -0.2) is 0 Å². The average Bonchev–Trinajstić information content (AvgIpc) is 3.50. The average molecular weight is 971 g/mol. The molecule has 15 rings (SSSR count). The molecule has 0 aromatic heterocycles. The standard InChI is InChI=1S/C72H50N4/c1-3-27-57(28-4-1)73(59-37-35-49-19-7-9-21-51(49)45-59)61-39-41-63-65(47-61)71(75-67-31-15-11-23-53(67)43-54-24-12-16-32-68(54)75)64-42-40-62(74(58-29-5-2-6-30-58)60-38-36-50-20-8-10-22-52(50)46-60)48-66(64)72(63)76-69-33-17-13-25-55(69)44-56-26-14-18-34-70(56)76/h1-42,45-48H,43-44H2. The normalized spacial score (nSPS) is 12.6. The van der Waals surface area contributed by atoms with Gasteiger partial charge in [0.15, 0.2) is 0 Å². The third-order valence-electron chi connectivity index (χ3n) is 15.7. The van der Waals surface area contributed by atoms with Gasteiger partial charge in [-0.2, -0.15) is 0 Å². The Hall–Kier alpha value is -9.90. The Morgan fingerprint density at radius 1 is 0.224 bits per heavy atom. The summed E-state index contributed by atoms with van der Waals surface area (Å²) in [5, 5.41) is 9.43. The lowest BCUT2D eigenvalue weighted by atomic mass is 9.89. The zero-order chi connectivity index (χ0) is 50.1. The summed E-state index contributed by atoms with van der Waals surface area (Å²) in [5.41, 5.74) is 18.8. The van der Waals surface area contributed by atoms with Crippen LogP contribution < -0.4 is 19.6 Å². The Labute approximate surface area is 442 Å². The largest absolute Gasteiger partial charge is 0.310 e. The summed E-state index contributed by atoms with van der Waals surface area (Å²) in [7, 11) is 0. The van der Waals surface area contributed by atoms with Gasteiger partial charge in [-0.3, -0.25) is 0 Å². The molecule has 0 spiro atoms. The van der Waals surface area contributed by atoms with Crippen molar-refractivity contribution in [3.63, 3.8) is 0 Å². The highest BCUT2D eigenvalue weighted by molar-refractivity contribution is 6.25. The van der Waals surface area contributed by atoms with Crippen molar-refractivity contribution in [1.82, 2.24) is 0 Å². The number of para-hydroxylation sites is 6. The van der Waals surface area contributed by atoms with Crippen LogP contribution in [0.3, 0.4) is 0 Å². The van der Waals surface area contributed by atoms with Gasteiger partial charge in [0.25, 0.3) is 0 Å². The number of nitrogens with zero attached hydrogens (tertiary/aromatic N) is 4. The van der Waals surface area contributed by atoms with Gasteiger partial charge in [0.05, 0.1) is 11.4 Å². The Balaban J connectivity index is 1.09. The molecule has 13 aromatic rings. The van der Waals surface area contributed by atoms with Crippen LogP contribution in [0.4, 0.5) is 68.2 Å². The van der Waals surface area contributed by atoms with E-state index < -0.39 is 0 Å². The van der Waals surface area contributed by atoms with E-state index in [1.54, 1.807) is 0 Å². The Bertz CT molecular complexity index is 4020. The van der Waals surface area contributed by atoms with Gasteiger partial charge in [0.1, 0.15) is 0 Å². The molecule has 2 aliphatic heterocycles. The second-order valence-corrected chi connectivity index (χ2v) is 20.1. The first-order valence-electron chi connectivity index (χ1n) is 26.3. The van der Waals surface area contributed by atoms with Crippen LogP contribution in [0.15, 0.2) is 279 Å². The van der Waals surface area contributed by atoms with Crippen molar-refractivity contribution < 1.29 is 0 Å². The fourth-order valence-electron chi connectivity index (χ4n) is 12.3. The van der Waals surface area contributed by atoms with E-state index in [1.165, 1.54) is 66.5 Å². The zero-order valence-corrected chi connectivity index (χ0v) is 41.8. The molecule has 0 amide bonds. The molecule has 0 saturated heterocycles. The lowest BCUT2D eigenvalue weighted by molar-refractivity contribution is 1.09. The van der Waals surface area contributed by atoms with Gasteiger partial charge in [0, 0.05) is 91.3 Å². The Morgan fingerprint density at radius 3 is 0.908 bits per heavy atom. The maximum Gasteiger partial charge on any atom is 0.0621 e. The topological polar surface area (TPSA) is 13.0 Å². The van der Waals surface area contributed by atoms with E-state index in [0.717, 1.165) is 79.9 Å². The van der Waals surface area contributed by atoms with E-state index in [9.17, 15) is 0 Å². The van der Waals surface area contributed by atoms with Gasteiger partial charge in [0.2, 0.25) is 0 Å². The number of fused-ring (bicyclic) bond motifs is 8. The summed E-state index contributed by atoms with van der Waals surface area (Å²) in [6, 6.07) is 103. The van der Waals surface area contributed by atoms with E-state index >= 15 is 0 Å². The monoisotopic (exact) mass is 970 g/mol. The van der Waals surface area contributed by atoms with Crippen molar-refractivity contribution in [2.24, 2.45) is 0 Å². The maximum atomic E-state index is 2.57. The van der Waals surface area contributed by atoms with Gasteiger partial charge in [-0.1, -0.05) is 182 Å². The summed E-state index contributed by atoms with van der Waals surface area (Å²) < 4.78 is 0. The fraction of sp³-hybridized carbons (Fsp3) is 0.0278. The minimum Gasteiger partial charge on any atom is -0.310 e. The van der Waals surface area contributed by atoms with Crippen molar-refractivity contribution in [2.45, 2.75) is 12.8 Å². The lowest BCUT2D eigenvalue weighted by Crippen LogP contribution is -2.21. The molecular formula is C72H50N4. The van der Waals surface area contributed by atoms with E-state index in [4.69, 9.17) is 0 Å². The summed E-state index contributed by atoms with van der Waals surface area (Å²) in [5.74, 6) is 0. The minimum absolute atomic E-state index is 0.856. The summed E-state index contributed by atoms with van der Waals surface area (Å²) >= 11 is 0. The van der Waals surface area contributed by atoms with Gasteiger partial charge in [-0.15, -0.1) is 0 Å². The predicted octanol–water partition coefficient (Wildman–Crippen LogP) is 20.0. The maximum absolute atomic E-state index is 2.57. The molecule has 358 valence electrons. The fourth-order valence-corrected chi connectivity index (χ4v) is 12.3. The number of anilines is 12. The molecular weight excluding hydrogens is 921 g/mol. The smallest absolute Gasteiger partial charge is 0.0621 e. The van der Waals surface area contributed by atoms with Gasteiger partial charge in [-0.05, 0) is 141 Å². The van der Waals surface area contributed by atoms with E-state index in [2.05, 4.69) is 299 Å². The number of benzene rings is 13. The highest BCUT2D eigenvalue weighted by atomic mass is 15.2. The molecule has 2 aliphatic rings. The van der Waals surface area contributed by atoms with E-state index in [1.807, 2.05) is 0 Å². The van der Waals surface area contributed by atoms with Gasteiger partial charge in [-0.25, -0.2) is 0 Å². The SMILES string of the molecule is c1ccc(N(c2ccc3ccccc3c2)c2ccc3c(N4c5ccccc5Cc5ccccc54)c4cc(N(c5ccccc5)c5ccc6ccccc6c5)ccc4c(N4c5ccccc5Cc5ccccc54)c3c2)cc1. The highest BCUT2D eigenvalue weighted by Crippen LogP contribution is 2.57. The molecule has 0 aliphatic carbocycles. The van der Waals surface area contributed by atoms with Crippen molar-refractivity contribution in [1.29, 1.82) is 0 Å². The summed E-state index contributed by atoms with van der Waals surface area (Å²) in [6.07, 6.45) is 1.71. The molecule has 0 bridgehead atoms. The van der Waals surface area contributed by atoms with Gasteiger partial charge >= 0.3 is 0 Å². The molecule has 4 heteroatoms. The molecule has 0 atom stereocenters. The minimum atomic E-state index is 0.856. The number of hydrogen-bond acceptors (Lipinski definition) is 4. The van der Waals surface area contributed by atoms with E-state index in [0.29, 0.717) is 0 Å². The van der Waals surface area contributed by atoms with Crippen LogP contribution in [0.1, 0.15) is 22.3 Å². The predicted molar refractivity (Wildman–Crippen MR) is 321 cm³/mol. The lowest BCUT2D eigenvalue weighted by Gasteiger charge is -2.38. The molecule has 0 radical (unpaired) electrons. The highest BCUT2D eigenvalue weighted by Gasteiger charge is 2.33. The molecule has 2 heterocycles. The Kier molecular flexibility index (Phi) is 10.3. The van der Waals surface area contributed by atoms with Crippen LogP contribution >= 0.6 is 0 Å². The van der Waals surface area contributed by atoms with Crippen molar-refractivity contribution in [2.75, 3.05) is 19.6 Å². The third kappa shape index (κ3) is 7.21. The first kappa shape index (κ1) is 43.7. The van der Waals surface area contributed by atoms with Gasteiger partial charge < -0.3 is 19.6 Å². The Morgan fingerprint density at radius 2 is 0.526 bits per heavy atom. The molecule has 76 heavy (non-hydrogen) atoms. The van der Waals surface area contributed by atoms with Crippen molar-refractivity contribution in [3.8, 4) is 0 Å². The molecule has 4 nitrogen and oxygen atoms in total.